The molecule has 0 spiro atoms. The zero-order valence-corrected chi connectivity index (χ0v) is 10.9. The number of nitrogens with zero attached hydrogens (tertiary/aromatic N) is 2. The minimum atomic E-state index is -0.0162. The highest BCUT2D eigenvalue weighted by Gasteiger charge is 2.29. The standard InChI is InChI=1S/C13H17ClN2O2/c14-12-9-10(5-6-15-12)13(18)16(7-2-8-17)11-3-1-4-11/h5-6,9,11,17H,1-4,7-8H2. The van der Waals surface area contributed by atoms with Crippen LogP contribution in [0.25, 0.3) is 0 Å². The first-order chi connectivity index (χ1) is 8.72. The van der Waals surface area contributed by atoms with Gasteiger partial charge in [0.15, 0.2) is 0 Å². The van der Waals surface area contributed by atoms with E-state index in [4.69, 9.17) is 16.7 Å². The highest BCUT2D eigenvalue weighted by atomic mass is 35.5. The molecule has 0 saturated heterocycles. The van der Waals surface area contributed by atoms with Gasteiger partial charge < -0.3 is 10.0 Å². The number of hydrogen-bond donors (Lipinski definition) is 1. The van der Waals surface area contributed by atoms with Gasteiger partial charge in [0.2, 0.25) is 0 Å². The fourth-order valence-electron chi connectivity index (χ4n) is 2.09. The van der Waals surface area contributed by atoms with E-state index in [2.05, 4.69) is 4.98 Å². The lowest BCUT2D eigenvalue weighted by Gasteiger charge is -2.37. The third kappa shape index (κ3) is 3.00. The van der Waals surface area contributed by atoms with Crippen LogP contribution >= 0.6 is 11.6 Å². The lowest BCUT2D eigenvalue weighted by Crippen LogP contribution is -2.45. The first kappa shape index (κ1) is 13.3. The molecule has 0 bridgehead atoms. The number of pyridine rings is 1. The lowest BCUT2D eigenvalue weighted by atomic mass is 9.91. The van der Waals surface area contributed by atoms with E-state index in [-0.39, 0.29) is 12.5 Å². The molecular weight excluding hydrogens is 252 g/mol. The van der Waals surface area contributed by atoms with E-state index in [0.29, 0.717) is 29.7 Å². The average molecular weight is 269 g/mol. The average Bonchev–Trinajstić information content (AvgIpc) is 2.31. The molecule has 0 radical (unpaired) electrons. The molecule has 0 aliphatic heterocycles. The maximum absolute atomic E-state index is 12.4. The summed E-state index contributed by atoms with van der Waals surface area (Å²) in [4.78, 5) is 18.1. The molecule has 1 N–H and O–H groups in total. The Morgan fingerprint density at radius 2 is 2.33 bits per heavy atom. The molecule has 1 aromatic rings. The Balaban J connectivity index is 2.11. The van der Waals surface area contributed by atoms with Crippen LogP contribution < -0.4 is 0 Å². The van der Waals surface area contributed by atoms with Gasteiger partial charge in [0.05, 0.1) is 0 Å². The molecule has 18 heavy (non-hydrogen) atoms. The number of rotatable bonds is 5. The Morgan fingerprint density at radius 1 is 1.56 bits per heavy atom. The van der Waals surface area contributed by atoms with Gasteiger partial charge >= 0.3 is 0 Å². The predicted octanol–water partition coefficient (Wildman–Crippen LogP) is 2.11. The number of amides is 1. The molecule has 1 saturated carbocycles. The summed E-state index contributed by atoms with van der Waals surface area (Å²) < 4.78 is 0. The van der Waals surface area contributed by atoms with E-state index >= 15 is 0 Å². The van der Waals surface area contributed by atoms with Crippen LogP contribution in [-0.4, -0.2) is 40.1 Å². The van der Waals surface area contributed by atoms with Crippen LogP contribution in [0.15, 0.2) is 18.3 Å². The molecule has 0 unspecified atom stereocenters. The Hall–Kier alpha value is -1.13. The summed E-state index contributed by atoms with van der Waals surface area (Å²) in [6.45, 7) is 0.702. The van der Waals surface area contributed by atoms with E-state index < -0.39 is 0 Å². The molecule has 1 fully saturated rings. The van der Waals surface area contributed by atoms with Crippen molar-refractivity contribution in [1.29, 1.82) is 0 Å². The number of halogens is 1. The summed E-state index contributed by atoms with van der Waals surface area (Å²) >= 11 is 5.80. The minimum absolute atomic E-state index is 0.0162. The summed E-state index contributed by atoms with van der Waals surface area (Å²) in [6, 6.07) is 3.59. The van der Waals surface area contributed by atoms with Gasteiger partial charge in [-0.15, -0.1) is 0 Å². The summed E-state index contributed by atoms with van der Waals surface area (Å²) in [5, 5.41) is 9.25. The maximum Gasteiger partial charge on any atom is 0.254 e. The van der Waals surface area contributed by atoms with Crippen LogP contribution in [0.3, 0.4) is 0 Å². The molecule has 1 heterocycles. The van der Waals surface area contributed by atoms with Gasteiger partial charge in [-0.25, -0.2) is 4.98 Å². The number of aromatic nitrogens is 1. The van der Waals surface area contributed by atoms with E-state index in [1.165, 1.54) is 6.42 Å². The van der Waals surface area contributed by atoms with Crippen LogP contribution in [0.5, 0.6) is 0 Å². The SMILES string of the molecule is O=C(c1ccnc(Cl)c1)N(CCCO)C1CCC1. The first-order valence-electron chi connectivity index (χ1n) is 6.26. The first-order valence-corrected chi connectivity index (χ1v) is 6.63. The van der Waals surface area contributed by atoms with Crippen LogP contribution in [0, 0.1) is 0 Å². The highest BCUT2D eigenvalue weighted by molar-refractivity contribution is 6.29. The van der Waals surface area contributed by atoms with Crippen molar-refractivity contribution in [3.63, 3.8) is 0 Å². The van der Waals surface area contributed by atoms with Gasteiger partial charge in [0, 0.05) is 31.0 Å². The number of hydrogen-bond acceptors (Lipinski definition) is 3. The van der Waals surface area contributed by atoms with E-state index in [1.54, 1.807) is 18.3 Å². The summed E-state index contributed by atoms with van der Waals surface area (Å²) in [7, 11) is 0. The van der Waals surface area contributed by atoms with Gasteiger partial charge in [-0.05, 0) is 37.8 Å². The highest BCUT2D eigenvalue weighted by Crippen LogP contribution is 2.26. The summed E-state index contributed by atoms with van der Waals surface area (Å²) in [5.41, 5.74) is 0.569. The zero-order valence-electron chi connectivity index (χ0n) is 10.2. The molecule has 2 rings (SSSR count). The number of aliphatic hydroxyl groups is 1. The van der Waals surface area contributed by atoms with Crippen molar-refractivity contribution >= 4 is 17.5 Å². The maximum atomic E-state index is 12.4. The molecule has 1 amide bonds. The second kappa shape index (κ2) is 6.16. The van der Waals surface area contributed by atoms with Gasteiger partial charge in [-0.2, -0.15) is 0 Å². The van der Waals surface area contributed by atoms with Crippen LogP contribution in [0.2, 0.25) is 5.15 Å². The van der Waals surface area contributed by atoms with Crippen molar-refractivity contribution in [3.05, 3.63) is 29.0 Å². The van der Waals surface area contributed by atoms with Crippen molar-refractivity contribution in [2.24, 2.45) is 0 Å². The second-order valence-corrected chi connectivity index (χ2v) is 4.91. The van der Waals surface area contributed by atoms with E-state index in [1.807, 2.05) is 4.90 Å². The number of carbonyl (C=O) groups is 1. The second-order valence-electron chi connectivity index (χ2n) is 4.53. The molecule has 5 heteroatoms. The molecule has 0 aromatic carbocycles. The number of aliphatic hydroxyl groups excluding tert-OH is 1. The van der Waals surface area contributed by atoms with Gasteiger partial charge in [-0.1, -0.05) is 11.6 Å². The molecule has 98 valence electrons. The van der Waals surface area contributed by atoms with Crippen LogP contribution in [0.1, 0.15) is 36.0 Å². The fourth-order valence-corrected chi connectivity index (χ4v) is 2.26. The normalized spacial score (nSPS) is 15.2. The zero-order chi connectivity index (χ0) is 13.0. The van der Waals surface area contributed by atoms with Gasteiger partial charge in [0.25, 0.3) is 5.91 Å². The molecule has 0 atom stereocenters. The third-order valence-electron chi connectivity index (χ3n) is 3.31. The largest absolute Gasteiger partial charge is 0.396 e. The smallest absolute Gasteiger partial charge is 0.254 e. The molecule has 4 nitrogen and oxygen atoms in total. The Kier molecular flexibility index (Phi) is 4.55. The predicted molar refractivity (Wildman–Crippen MR) is 69.6 cm³/mol. The minimum Gasteiger partial charge on any atom is -0.396 e. The van der Waals surface area contributed by atoms with Crippen molar-refractivity contribution in [3.8, 4) is 0 Å². The number of carbonyl (C=O) groups excluding carboxylic acids is 1. The molecule has 1 aliphatic carbocycles. The van der Waals surface area contributed by atoms with E-state index in [9.17, 15) is 4.79 Å². The summed E-state index contributed by atoms with van der Waals surface area (Å²) in [5.74, 6) is -0.0162. The van der Waals surface area contributed by atoms with E-state index in [0.717, 1.165) is 12.8 Å². The Bertz CT molecular complexity index is 421. The fraction of sp³-hybridized carbons (Fsp3) is 0.538. The third-order valence-corrected chi connectivity index (χ3v) is 3.51. The monoisotopic (exact) mass is 268 g/mol. The topological polar surface area (TPSA) is 53.4 Å². The Labute approximate surface area is 112 Å². The van der Waals surface area contributed by atoms with Crippen molar-refractivity contribution in [1.82, 2.24) is 9.88 Å². The van der Waals surface area contributed by atoms with Gasteiger partial charge in [0.1, 0.15) is 5.15 Å². The van der Waals surface area contributed by atoms with Crippen molar-refractivity contribution in [2.75, 3.05) is 13.2 Å². The summed E-state index contributed by atoms with van der Waals surface area (Å²) in [6.07, 6.45) is 5.43. The quantitative estimate of drug-likeness (QED) is 0.832. The van der Waals surface area contributed by atoms with Crippen LogP contribution in [-0.2, 0) is 0 Å². The molecule has 1 aromatic heterocycles. The Morgan fingerprint density at radius 3 is 2.89 bits per heavy atom. The molecule has 1 aliphatic rings. The molecular formula is C13H17ClN2O2. The van der Waals surface area contributed by atoms with Crippen molar-refractivity contribution in [2.45, 2.75) is 31.7 Å². The van der Waals surface area contributed by atoms with Crippen molar-refractivity contribution < 1.29 is 9.90 Å². The lowest BCUT2D eigenvalue weighted by molar-refractivity contribution is 0.0562. The van der Waals surface area contributed by atoms with Gasteiger partial charge in [-0.3, -0.25) is 4.79 Å². The van der Waals surface area contributed by atoms with Crippen LogP contribution in [0.4, 0.5) is 0 Å².